The van der Waals surface area contributed by atoms with Crippen molar-refractivity contribution in [2.45, 2.75) is 6.23 Å². The summed E-state index contributed by atoms with van der Waals surface area (Å²) < 4.78 is 6.85. The fraction of sp³-hybridized carbons (Fsp3) is 0.333. The summed E-state index contributed by atoms with van der Waals surface area (Å²) >= 11 is 2.28. The second kappa shape index (κ2) is 3.81. The van der Waals surface area contributed by atoms with E-state index in [-0.39, 0.29) is 6.23 Å². The number of halogens is 1. The van der Waals surface area contributed by atoms with Gasteiger partial charge in [0.1, 0.15) is 5.75 Å². The lowest BCUT2D eigenvalue weighted by molar-refractivity contribution is -0.0449. The Morgan fingerprint density at radius 1 is 1.46 bits per heavy atom. The van der Waals surface area contributed by atoms with Crippen molar-refractivity contribution in [3.8, 4) is 5.75 Å². The quantitative estimate of drug-likeness (QED) is 0.834. The topological polar surface area (TPSA) is 24.5 Å². The molecule has 4 heteroatoms. The maximum Gasteiger partial charge on any atom is 0.176 e. The fourth-order valence-electron chi connectivity index (χ4n) is 1.22. The first-order valence-corrected chi connectivity index (χ1v) is 5.21. The van der Waals surface area contributed by atoms with Gasteiger partial charge in [0.15, 0.2) is 6.23 Å². The zero-order chi connectivity index (χ0) is 9.26. The Labute approximate surface area is 91.2 Å². The molecule has 0 aromatic heterocycles. The average Bonchev–Trinajstić information content (AvgIpc) is 2.06. The van der Waals surface area contributed by atoms with Gasteiger partial charge in [-0.2, -0.15) is 0 Å². The van der Waals surface area contributed by atoms with Crippen molar-refractivity contribution in [1.82, 2.24) is 10.4 Å². The molecule has 0 bridgehead atoms. The van der Waals surface area contributed by atoms with Crippen molar-refractivity contribution in [2.75, 3.05) is 13.6 Å². The van der Waals surface area contributed by atoms with Gasteiger partial charge in [-0.15, -0.1) is 0 Å². The number of likely N-dealkylation sites (N-methyl/N-ethyl adjacent to an activating group) is 1. The van der Waals surface area contributed by atoms with Crippen LogP contribution in [0.4, 0.5) is 0 Å². The molecule has 1 saturated heterocycles. The molecule has 3 nitrogen and oxygen atoms in total. The smallest absolute Gasteiger partial charge is 0.176 e. The lowest BCUT2D eigenvalue weighted by Crippen LogP contribution is -2.62. The number of hydrogen-bond donors (Lipinski definition) is 1. The first kappa shape index (κ1) is 9.23. The standard InChI is InChI=1S/C9H11IN2O/c1-12-6-9(11-12)13-8-4-2-7(10)3-5-8/h2-5,9,11H,6H2,1H3. The SMILES string of the molecule is CN1CC(Oc2ccc(I)cc2)N1. The molecule has 0 spiro atoms. The van der Waals surface area contributed by atoms with E-state index in [1.807, 2.05) is 36.3 Å². The van der Waals surface area contributed by atoms with Crippen LogP contribution < -0.4 is 10.2 Å². The minimum atomic E-state index is 0.144. The van der Waals surface area contributed by atoms with Gasteiger partial charge in [-0.3, -0.25) is 0 Å². The minimum Gasteiger partial charge on any atom is -0.473 e. The monoisotopic (exact) mass is 290 g/mol. The van der Waals surface area contributed by atoms with E-state index in [1.54, 1.807) is 0 Å². The molecule has 2 rings (SSSR count). The van der Waals surface area contributed by atoms with Crippen LogP contribution >= 0.6 is 22.6 Å². The summed E-state index contributed by atoms with van der Waals surface area (Å²) in [7, 11) is 1.99. The zero-order valence-corrected chi connectivity index (χ0v) is 9.48. The molecule has 1 aliphatic rings. The van der Waals surface area contributed by atoms with Crippen LogP contribution in [0.25, 0.3) is 0 Å². The highest BCUT2D eigenvalue weighted by Gasteiger charge is 2.23. The third-order valence-corrected chi connectivity index (χ3v) is 2.62. The van der Waals surface area contributed by atoms with Crippen molar-refractivity contribution in [1.29, 1.82) is 0 Å². The van der Waals surface area contributed by atoms with Crippen molar-refractivity contribution in [3.63, 3.8) is 0 Å². The molecular formula is C9H11IN2O. The van der Waals surface area contributed by atoms with Gasteiger partial charge in [-0.05, 0) is 46.9 Å². The molecule has 1 N–H and O–H groups in total. The molecule has 1 aromatic carbocycles. The summed E-state index contributed by atoms with van der Waals surface area (Å²) in [5.74, 6) is 0.922. The van der Waals surface area contributed by atoms with Gasteiger partial charge in [0.25, 0.3) is 0 Å². The number of hydrogen-bond acceptors (Lipinski definition) is 3. The van der Waals surface area contributed by atoms with Crippen LogP contribution in [-0.4, -0.2) is 24.8 Å². The third-order valence-electron chi connectivity index (χ3n) is 1.90. The highest BCUT2D eigenvalue weighted by Crippen LogP contribution is 2.16. The molecule has 1 unspecified atom stereocenters. The largest absolute Gasteiger partial charge is 0.473 e. The number of benzene rings is 1. The van der Waals surface area contributed by atoms with Crippen LogP contribution in [0, 0.1) is 3.57 Å². The van der Waals surface area contributed by atoms with E-state index in [1.165, 1.54) is 3.57 Å². The van der Waals surface area contributed by atoms with E-state index >= 15 is 0 Å². The maximum absolute atomic E-state index is 5.62. The molecule has 1 aromatic rings. The van der Waals surface area contributed by atoms with Gasteiger partial charge < -0.3 is 4.74 Å². The summed E-state index contributed by atoms with van der Waals surface area (Å²) in [6, 6.07) is 8.06. The number of nitrogens with one attached hydrogen (secondary N) is 1. The summed E-state index contributed by atoms with van der Waals surface area (Å²) in [6.07, 6.45) is 0.144. The first-order chi connectivity index (χ1) is 6.24. The Bertz CT molecular complexity index is 282. The van der Waals surface area contributed by atoms with E-state index in [4.69, 9.17) is 4.74 Å². The minimum absolute atomic E-state index is 0.144. The molecule has 1 aliphatic heterocycles. The van der Waals surface area contributed by atoms with E-state index < -0.39 is 0 Å². The predicted molar refractivity (Wildman–Crippen MR) is 59.3 cm³/mol. The highest BCUT2D eigenvalue weighted by atomic mass is 127. The van der Waals surface area contributed by atoms with Crippen LogP contribution in [0.5, 0.6) is 5.75 Å². The van der Waals surface area contributed by atoms with Gasteiger partial charge in [-0.1, -0.05) is 0 Å². The first-order valence-electron chi connectivity index (χ1n) is 4.13. The molecule has 0 aliphatic carbocycles. The fourth-order valence-corrected chi connectivity index (χ4v) is 1.58. The second-order valence-electron chi connectivity index (χ2n) is 3.07. The van der Waals surface area contributed by atoms with Crippen LogP contribution in [0.3, 0.4) is 0 Å². The molecule has 0 saturated carbocycles. The molecule has 0 amide bonds. The van der Waals surface area contributed by atoms with E-state index in [9.17, 15) is 0 Å². The summed E-state index contributed by atoms with van der Waals surface area (Å²) in [4.78, 5) is 0. The molecule has 1 heterocycles. The maximum atomic E-state index is 5.62. The predicted octanol–water partition coefficient (Wildman–Crippen LogP) is 1.45. The normalized spacial score (nSPS) is 22.5. The number of nitrogens with zero attached hydrogens (tertiary/aromatic N) is 1. The highest BCUT2D eigenvalue weighted by molar-refractivity contribution is 14.1. The summed E-state index contributed by atoms with van der Waals surface area (Å²) in [5.41, 5.74) is 3.12. The Kier molecular flexibility index (Phi) is 2.71. The van der Waals surface area contributed by atoms with E-state index in [0.29, 0.717) is 0 Å². The lowest BCUT2D eigenvalue weighted by atomic mass is 10.3. The van der Waals surface area contributed by atoms with Crippen molar-refractivity contribution < 1.29 is 4.74 Å². The molecule has 13 heavy (non-hydrogen) atoms. The van der Waals surface area contributed by atoms with E-state index in [2.05, 4.69) is 28.0 Å². The third kappa shape index (κ3) is 2.32. The van der Waals surface area contributed by atoms with Crippen LogP contribution in [-0.2, 0) is 0 Å². The molecule has 70 valence electrons. The van der Waals surface area contributed by atoms with Gasteiger partial charge in [0.2, 0.25) is 0 Å². The molecule has 1 fully saturated rings. The summed E-state index contributed by atoms with van der Waals surface area (Å²) in [6.45, 7) is 0.936. The number of hydrazine groups is 1. The van der Waals surface area contributed by atoms with Gasteiger partial charge in [0.05, 0.1) is 6.54 Å². The van der Waals surface area contributed by atoms with Crippen molar-refractivity contribution in [3.05, 3.63) is 27.8 Å². The summed E-state index contributed by atoms with van der Waals surface area (Å²) in [5, 5.41) is 2.00. The van der Waals surface area contributed by atoms with Gasteiger partial charge >= 0.3 is 0 Å². The lowest BCUT2D eigenvalue weighted by Gasteiger charge is -2.37. The number of ether oxygens (including phenoxy) is 1. The second-order valence-corrected chi connectivity index (χ2v) is 4.32. The zero-order valence-electron chi connectivity index (χ0n) is 7.33. The van der Waals surface area contributed by atoms with Crippen LogP contribution in [0.1, 0.15) is 0 Å². The molecular weight excluding hydrogens is 279 g/mol. The molecule has 0 radical (unpaired) electrons. The Balaban J connectivity index is 1.91. The van der Waals surface area contributed by atoms with Crippen LogP contribution in [0.2, 0.25) is 0 Å². The van der Waals surface area contributed by atoms with E-state index in [0.717, 1.165) is 12.3 Å². The Hall–Kier alpha value is -0.330. The molecule has 1 atom stereocenters. The van der Waals surface area contributed by atoms with Crippen molar-refractivity contribution in [2.24, 2.45) is 0 Å². The Morgan fingerprint density at radius 3 is 2.62 bits per heavy atom. The van der Waals surface area contributed by atoms with Crippen LogP contribution in [0.15, 0.2) is 24.3 Å². The number of rotatable bonds is 2. The Morgan fingerprint density at radius 2 is 2.08 bits per heavy atom. The van der Waals surface area contributed by atoms with Gasteiger partial charge in [-0.25, -0.2) is 10.4 Å². The van der Waals surface area contributed by atoms with Crippen molar-refractivity contribution >= 4 is 22.6 Å². The average molecular weight is 290 g/mol. The van der Waals surface area contributed by atoms with Gasteiger partial charge in [0, 0.05) is 10.6 Å².